The van der Waals surface area contributed by atoms with Crippen LogP contribution in [0.25, 0.3) is 0 Å². The quantitative estimate of drug-likeness (QED) is 0.748. The number of rotatable bonds is 7. The summed E-state index contributed by atoms with van der Waals surface area (Å²) in [5.74, 6) is 0.363. The van der Waals surface area contributed by atoms with Crippen molar-refractivity contribution >= 4 is 11.8 Å². The fraction of sp³-hybridized carbons (Fsp3) is 0.636. The molecule has 150 valence electrons. The van der Waals surface area contributed by atoms with Crippen LogP contribution in [0.15, 0.2) is 30.3 Å². The third kappa shape index (κ3) is 6.98. The molecule has 1 aliphatic heterocycles. The third-order valence-corrected chi connectivity index (χ3v) is 5.11. The predicted octanol–water partition coefficient (Wildman–Crippen LogP) is 2.91. The third-order valence-electron chi connectivity index (χ3n) is 5.11. The minimum atomic E-state index is -0.346. The van der Waals surface area contributed by atoms with Gasteiger partial charge in [-0.15, -0.1) is 0 Å². The van der Waals surface area contributed by atoms with Crippen LogP contribution < -0.4 is 5.32 Å². The van der Waals surface area contributed by atoms with Crippen LogP contribution in [0, 0.1) is 11.3 Å². The minimum Gasteiger partial charge on any atom is -0.356 e. The van der Waals surface area contributed by atoms with E-state index in [4.69, 9.17) is 0 Å². The Kier molecular flexibility index (Phi) is 7.84. The monoisotopic (exact) mass is 373 g/mol. The zero-order valence-corrected chi connectivity index (χ0v) is 17.3. The lowest BCUT2D eigenvalue weighted by molar-refractivity contribution is -0.142. The second-order valence-electron chi connectivity index (χ2n) is 8.68. The zero-order valence-electron chi connectivity index (χ0n) is 17.3. The van der Waals surface area contributed by atoms with Crippen LogP contribution >= 0.6 is 0 Å². The van der Waals surface area contributed by atoms with Crippen molar-refractivity contribution in [2.24, 2.45) is 11.3 Å². The Balaban J connectivity index is 1.62. The number of nitrogens with zero attached hydrogens (tertiary/aromatic N) is 2. The van der Waals surface area contributed by atoms with Gasteiger partial charge in [-0.1, -0.05) is 51.1 Å². The van der Waals surface area contributed by atoms with Crippen LogP contribution in [0.1, 0.15) is 45.6 Å². The number of carbonyl (C=O) groups excluding carboxylic acids is 2. The highest BCUT2D eigenvalue weighted by Crippen LogP contribution is 2.23. The van der Waals surface area contributed by atoms with E-state index < -0.39 is 0 Å². The zero-order chi connectivity index (χ0) is 19.9. The first kappa shape index (κ1) is 21.4. The van der Waals surface area contributed by atoms with Crippen molar-refractivity contribution in [1.82, 2.24) is 15.1 Å². The molecule has 2 rings (SSSR count). The SMILES string of the molecule is CN(CCCNC(=O)C1CCN(C(=O)C(C)(C)C)CC1)Cc1ccccc1. The average molecular weight is 374 g/mol. The normalized spacial score (nSPS) is 15.8. The summed E-state index contributed by atoms with van der Waals surface area (Å²) in [5.41, 5.74) is 0.960. The molecule has 0 radical (unpaired) electrons. The number of hydrogen-bond acceptors (Lipinski definition) is 3. The van der Waals surface area contributed by atoms with Gasteiger partial charge in [-0.2, -0.15) is 0 Å². The molecule has 2 amide bonds. The second-order valence-corrected chi connectivity index (χ2v) is 8.68. The van der Waals surface area contributed by atoms with Crippen LogP contribution in [0.4, 0.5) is 0 Å². The highest BCUT2D eigenvalue weighted by Gasteiger charge is 2.32. The summed E-state index contributed by atoms with van der Waals surface area (Å²) in [4.78, 5) is 28.9. The molecule has 0 spiro atoms. The molecule has 1 aromatic carbocycles. The summed E-state index contributed by atoms with van der Waals surface area (Å²) in [6.07, 6.45) is 2.47. The Labute approximate surface area is 164 Å². The molecule has 1 aromatic rings. The first-order valence-corrected chi connectivity index (χ1v) is 10.1. The van der Waals surface area contributed by atoms with Crippen LogP contribution in [0.2, 0.25) is 0 Å². The summed E-state index contributed by atoms with van der Waals surface area (Å²) < 4.78 is 0. The molecule has 0 saturated carbocycles. The molecule has 1 saturated heterocycles. The molecule has 1 fully saturated rings. The lowest BCUT2D eigenvalue weighted by atomic mass is 9.90. The number of benzene rings is 1. The lowest BCUT2D eigenvalue weighted by Gasteiger charge is -2.35. The van der Waals surface area contributed by atoms with Gasteiger partial charge in [0.2, 0.25) is 11.8 Å². The van der Waals surface area contributed by atoms with E-state index >= 15 is 0 Å². The highest BCUT2D eigenvalue weighted by molar-refractivity contribution is 5.82. The Morgan fingerprint density at radius 3 is 2.37 bits per heavy atom. The molecule has 0 aliphatic carbocycles. The number of carbonyl (C=O) groups is 2. The van der Waals surface area contributed by atoms with Crippen molar-refractivity contribution in [2.75, 3.05) is 33.2 Å². The average Bonchev–Trinajstić information content (AvgIpc) is 2.64. The van der Waals surface area contributed by atoms with E-state index in [0.29, 0.717) is 19.6 Å². The molecule has 0 unspecified atom stereocenters. The molecule has 5 nitrogen and oxygen atoms in total. The van der Waals surface area contributed by atoms with Gasteiger partial charge >= 0.3 is 0 Å². The van der Waals surface area contributed by atoms with Crippen molar-refractivity contribution in [2.45, 2.75) is 46.6 Å². The van der Waals surface area contributed by atoms with E-state index in [0.717, 1.165) is 32.4 Å². The van der Waals surface area contributed by atoms with Gasteiger partial charge < -0.3 is 15.1 Å². The van der Waals surface area contributed by atoms with E-state index in [2.05, 4.69) is 41.5 Å². The summed E-state index contributed by atoms with van der Waals surface area (Å²) in [6, 6.07) is 10.4. The van der Waals surface area contributed by atoms with E-state index in [9.17, 15) is 9.59 Å². The van der Waals surface area contributed by atoms with Crippen molar-refractivity contribution in [3.05, 3.63) is 35.9 Å². The number of piperidine rings is 1. The van der Waals surface area contributed by atoms with Gasteiger partial charge in [0.1, 0.15) is 0 Å². The Morgan fingerprint density at radius 2 is 1.78 bits per heavy atom. The first-order valence-electron chi connectivity index (χ1n) is 10.1. The van der Waals surface area contributed by atoms with Crippen LogP contribution in [0.5, 0.6) is 0 Å². The maximum atomic E-state index is 12.4. The molecular formula is C22H35N3O2. The number of nitrogens with one attached hydrogen (secondary N) is 1. The number of hydrogen-bond donors (Lipinski definition) is 1. The van der Waals surface area contributed by atoms with Gasteiger partial charge in [0.15, 0.2) is 0 Å². The molecule has 0 aromatic heterocycles. The van der Waals surface area contributed by atoms with Crippen LogP contribution in [0.3, 0.4) is 0 Å². The topological polar surface area (TPSA) is 52.7 Å². The minimum absolute atomic E-state index is 0.0380. The largest absolute Gasteiger partial charge is 0.356 e. The van der Waals surface area contributed by atoms with E-state index in [-0.39, 0.29) is 23.1 Å². The second kappa shape index (κ2) is 9.88. The Hall–Kier alpha value is -1.88. The van der Waals surface area contributed by atoms with Crippen LogP contribution in [-0.2, 0) is 16.1 Å². The van der Waals surface area contributed by atoms with Gasteiger partial charge in [-0.05, 0) is 38.4 Å². The number of likely N-dealkylation sites (tertiary alicyclic amines) is 1. The molecule has 1 N–H and O–H groups in total. The molecule has 0 bridgehead atoms. The fourth-order valence-corrected chi connectivity index (χ4v) is 3.50. The highest BCUT2D eigenvalue weighted by atomic mass is 16.2. The maximum Gasteiger partial charge on any atom is 0.227 e. The fourth-order valence-electron chi connectivity index (χ4n) is 3.50. The van der Waals surface area contributed by atoms with Gasteiger partial charge in [-0.3, -0.25) is 9.59 Å². The van der Waals surface area contributed by atoms with E-state index in [1.165, 1.54) is 5.56 Å². The Bertz CT molecular complexity index is 602. The van der Waals surface area contributed by atoms with Gasteiger partial charge in [0, 0.05) is 37.5 Å². The molecule has 1 heterocycles. The predicted molar refractivity (Wildman–Crippen MR) is 109 cm³/mol. The van der Waals surface area contributed by atoms with E-state index in [1.54, 1.807) is 0 Å². The van der Waals surface area contributed by atoms with Crippen molar-refractivity contribution in [3.8, 4) is 0 Å². The van der Waals surface area contributed by atoms with Crippen molar-refractivity contribution < 1.29 is 9.59 Å². The number of amides is 2. The maximum absolute atomic E-state index is 12.4. The molecule has 27 heavy (non-hydrogen) atoms. The molecular weight excluding hydrogens is 338 g/mol. The van der Waals surface area contributed by atoms with Gasteiger partial charge in [0.25, 0.3) is 0 Å². The van der Waals surface area contributed by atoms with Crippen LogP contribution in [-0.4, -0.2) is 54.8 Å². The summed E-state index contributed by atoms with van der Waals surface area (Å²) in [6.45, 7) is 9.80. The summed E-state index contributed by atoms with van der Waals surface area (Å²) in [5, 5.41) is 3.08. The van der Waals surface area contributed by atoms with Crippen molar-refractivity contribution in [1.29, 1.82) is 0 Å². The standard InChI is InChI=1S/C22H35N3O2/c1-22(2,3)21(27)25-15-11-19(12-16-25)20(26)23-13-8-14-24(4)17-18-9-6-5-7-10-18/h5-7,9-10,19H,8,11-17H2,1-4H3,(H,23,26). The molecule has 0 atom stereocenters. The smallest absolute Gasteiger partial charge is 0.227 e. The molecule has 5 heteroatoms. The van der Waals surface area contributed by atoms with Crippen molar-refractivity contribution in [3.63, 3.8) is 0 Å². The summed E-state index contributed by atoms with van der Waals surface area (Å²) in [7, 11) is 2.11. The van der Waals surface area contributed by atoms with Gasteiger partial charge in [-0.25, -0.2) is 0 Å². The summed E-state index contributed by atoms with van der Waals surface area (Å²) >= 11 is 0. The van der Waals surface area contributed by atoms with E-state index in [1.807, 2.05) is 31.7 Å². The molecule has 1 aliphatic rings. The first-order chi connectivity index (χ1) is 12.8. The lowest BCUT2D eigenvalue weighted by Crippen LogP contribution is -2.46. The Morgan fingerprint density at radius 1 is 1.15 bits per heavy atom. The van der Waals surface area contributed by atoms with Gasteiger partial charge in [0.05, 0.1) is 0 Å².